The third-order valence-corrected chi connectivity index (χ3v) is 6.32. The van der Waals surface area contributed by atoms with Crippen LogP contribution < -0.4 is 4.72 Å². The summed E-state index contributed by atoms with van der Waals surface area (Å²) in [5.41, 5.74) is 4.04. The zero-order valence-corrected chi connectivity index (χ0v) is 16.6. The van der Waals surface area contributed by atoms with E-state index in [0.29, 0.717) is 11.6 Å². The summed E-state index contributed by atoms with van der Waals surface area (Å²) in [4.78, 5) is 8.83. The van der Waals surface area contributed by atoms with Crippen LogP contribution >= 0.6 is 11.3 Å². The lowest BCUT2D eigenvalue weighted by molar-refractivity contribution is 0.521. The molecule has 4 rings (SSSR count). The quantitative estimate of drug-likeness (QED) is 0.513. The van der Waals surface area contributed by atoms with Crippen molar-refractivity contribution in [2.75, 3.05) is 0 Å². The summed E-state index contributed by atoms with van der Waals surface area (Å²) in [6.45, 7) is 1.92. The van der Waals surface area contributed by atoms with Gasteiger partial charge < -0.3 is 4.42 Å². The van der Waals surface area contributed by atoms with Gasteiger partial charge in [0.05, 0.1) is 10.6 Å². The van der Waals surface area contributed by atoms with Gasteiger partial charge in [0.15, 0.2) is 5.89 Å². The summed E-state index contributed by atoms with van der Waals surface area (Å²) in [5, 5.41) is 3.96. The van der Waals surface area contributed by atoms with Gasteiger partial charge in [0.25, 0.3) is 0 Å². The van der Waals surface area contributed by atoms with E-state index in [2.05, 4.69) is 14.7 Å². The van der Waals surface area contributed by atoms with Gasteiger partial charge in [-0.15, -0.1) is 0 Å². The van der Waals surface area contributed by atoms with Crippen LogP contribution in [-0.2, 0) is 16.6 Å². The molecule has 3 aromatic heterocycles. The first-order chi connectivity index (χ1) is 13.5. The van der Waals surface area contributed by atoms with Gasteiger partial charge in [-0.25, -0.2) is 18.1 Å². The Bertz CT molecular complexity index is 1180. The Hall–Kier alpha value is -2.81. The molecule has 0 radical (unpaired) electrons. The molecule has 0 aliphatic carbocycles. The maximum atomic E-state index is 12.7. The molecule has 0 atom stereocenters. The van der Waals surface area contributed by atoms with Gasteiger partial charge in [-0.3, -0.25) is 4.98 Å². The number of aryl methyl sites for hydroxylation is 1. The molecule has 1 N–H and O–H groups in total. The number of sulfonamides is 1. The number of hydrogen-bond donors (Lipinski definition) is 1. The summed E-state index contributed by atoms with van der Waals surface area (Å²) in [6.07, 6.45) is 3.25. The zero-order valence-electron chi connectivity index (χ0n) is 15.0. The number of oxazole rings is 1. The maximum Gasteiger partial charge on any atom is 0.240 e. The number of thiophene rings is 1. The fourth-order valence-electron chi connectivity index (χ4n) is 2.80. The Balaban J connectivity index is 1.52. The second kappa shape index (κ2) is 7.67. The predicted octanol–water partition coefficient (Wildman–Crippen LogP) is 4.25. The molecule has 0 aliphatic rings. The first-order valence-electron chi connectivity index (χ1n) is 8.52. The number of benzene rings is 1. The van der Waals surface area contributed by atoms with E-state index in [4.69, 9.17) is 4.42 Å². The Morgan fingerprint density at radius 2 is 1.93 bits per heavy atom. The van der Waals surface area contributed by atoms with Crippen LogP contribution in [0.1, 0.15) is 11.5 Å². The second-order valence-corrected chi connectivity index (χ2v) is 8.67. The van der Waals surface area contributed by atoms with Crippen molar-refractivity contribution in [1.29, 1.82) is 0 Å². The van der Waals surface area contributed by atoms with Crippen molar-refractivity contribution in [3.63, 3.8) is 0 Å². The number of hydrogen-bond acceptors (Lipinski definition) is 6. The van der Waals surface area contributed by atoms with E-state index in [9.17, 15) is 8.42 Å². The molecule has 1 aromatic carbocycles. The average Bonchev–Trinajstić information content (AvgIpc) is 3.39. The zero-order chi connectivity index (χ0) is 19.6. The van der Waals surface area contributed by atoms with Gasteiger partial charge in [-0.05, 0) is 35.2 Å². The summed E-state index contributed by atoms with van der Waals surface area (Å²) in [7, 11) is -3.66. The van der Waals surface area contributed by atoms with Crippen LogP contribution in [0.4, 0.5) is 0 Å². The van der Waals surface area contributed by atoms with Crippen molar-refractivity contribution in [1.82, 2.24) is 14.7 Å². The minimum Gasteiger partial charge on any atom is -0.449 e. The van der Waals surface area contributed by atoms with Gasteiger partial charge in [-0.1, -0.05) is 18.2 Å². The lowest BCUT2D eigenvalue weighted by Crippen LogP contribution is -2.23. The molecule has 8 heteroatoms. The van der Waals surface area contributed by atoms with Gasteiger partial charge in [0.1, 0.15) is 12.0 Å². The maximum absolute atomic E-state index is 12.7. The van der Waals surface area contributed by atoms with Crippen LogP contribution in [0.15, 0.2) is 75.0 Å². The Kier molecular flexibility index (Phi) is 5.08. The molecule has 142 valence electrons. The van der Waals surface area contributed by atoms with Gasteiger partial charge >= 0.3 is 0 Å². The SMILES string of the molecule is Cc1nc(-c2ccc(S(=O)(=O)NCc3cccnc3-c3ccsc3)cc2)co1. The van der Waals surface area contributed by atoms with Crippen molar-refractivity contribution in [2.45, 2.75) is 18.4 Å². The first kappa shape index (κ1) is 18.5. The molecule has 0 amide bonds. The molecular weight excluding hydrogens is 394 g/mol. The molecule has 28 heavy (non-hydrogen) atoms. The van der Waals surface area contributed by atoms with Gasteiger partial charge in [0.2, 0.25) is 10.0 Å². The normalized spacial score (nSPS) is 11.6. The number of rotatable bonds is 6. The topological polar surface area (TPSA) is 85.1 Å². The van der Waals surface area contributed by atoms with E-state index in [-0.39, 0.29) is 11.4 Å². The lowest BCUT2D eigenvalue weighted by Gasteiger charge is -2.10. The van der Waals surface area contributed by atoms with Crippen molar-refractivity contribution in [3.8, 4) is 22.5 Å². The summed E-state index contributed by atoms with van der Waals surface area (Å²) in [6, 6.07) is 12.2. The molecule has 0 saturated carbocycles. The second-order valence-electron chi connectivity index (χ2n) is 6.12. The molecule has 0 fully saturated rings. The van der Waals surface area contributed by atoms with Gasteiger partial charge in [-0.2, -0.15) is 11.3 Å². The number of pyridine rings is 1. The highest BCUT2D eigenvalue weighted by atomic mass is 32.2. The van der Waals surface area contributed by atoms with Gasteiger partial charge in [0, 0.05) is 36.2 Å². The molecule has 4 aromatic rings. The van der Waals surface area contributed by atoms with Crippen molar-refractivity contribution in [2.24, 2.45) is 0 Å². The van der Waals surface area contributed by atoms with Crippen molar-refractivity contribution >= 4 is 21.4 Å². The van der Waals surface area contributed by atoms with Crippen LogP contribution in [0.5, 0.6) is 0 Å². The minimum absolute atomic E-state index is 0.158. The predicted molar refractivity (Wildman–Crippen MR) is 108 cm³/mol. The van der Waals surface area contributed by atoms with Crippen LogP contribution in [0, 0.1) is 6.92 Å². The van der Waals surface area contributed by atoms with E-state index in [1.807, 2.05) is 22.9 Å². The smallest absolute Gasteiger partial charge is 0.240 e. The Labute approximate surface area is 167 Å². The minimum atomic E-state index is -3.66. The van der Waals surface area contributed by atoms with Crippen molar-refractivity contribution < 1.29 is 12.8 Å². The van der Waals surface area contributed by atoms with Crippen LogP contribution in [0.2, 0.25) is 0 Å². The Morgan fingerprint density at radius 3 is 2.61 bits per heavy atom. The van der Waals surface area contributed by atoms with E-state index >= 15 is 0 Å². The highest BCUT2D eigenvalue weighted by Gasteiger charge is 2.16. The molecule has 3 heterocycles. The molecule has 0 bridgehead atoms. The third-order valence-electron chi connectivity index (χ3n) is 4.22. The van der Waals surface area contributed by atoms with E-state index in [0.717, 1.165) is 22.4 Å². The highest BCUT2D eigenvalue weighted by molar-refractivity contribution is 7.89. The van der Waals surface area contributed by atoms with Crippen LogP contribution in [-0.4, -0.2) is 18.4 Å². The Morgan fingerprint density at radius 1 is 1.11 bits per heavy atom. The number of aromatic nitrogens is 2. The summed E-state index contributed by atoms with van der Waals surface area (Å²) in [5.74, 6) is 0.561. The first-order valence-corrected chi connectivity index (χ1v) is 10.9. The third kappa shape index (κ3) is 3.89. The van der Waals surface area contributed by atoms with Crippen LogP contribution in [0.3, 0.4) is 0 Å². The molecule has 0 unspecified atom stereocenters. The fraction of sp³-hybridized carbons (Fsp3) is 0.100. The molecule has 6 nitrogen and oxygen atoms in total. The molecule has 0 spiro atoms. The lowest BCUT2D eigenvalue weighted by atomic mass is 10.1. The number of nitrogens with one attached hydrogen (secondary N) is 1. The molecular formula is C20H17N3O3S2. The standard InChI is InChI=1S/C20H17N3O3S2/c1-14-23-19(12-26-14)15-4-6-18(7-5-15)28(24,25)22-11-16-3-2-9-21-20(16)17-8-10-27-13-17/h2-10,12-13,22H,11H2,1H3. The largest absolute Gasteiger partial charge is 0.449 e. The monoisotopic (exact) mass is 411 g/mol. The highest BCUT2D eigenvalue weighted by Crippen LogP contribution is 2.24. The summed E-state index contributed by atoms with van der Waals surface area (Å²) >= 11 is 1.57. The fourth-order valence-corrected chi connectivity index (χ4v) is 4.44. The molecule has 0 saturated heterocycles. The van der Waals surface area contributed by atoms with E-state index in [1.165, 1.54) is 0 Å². The van der Waals surface area contributed by atoms with Crippen molar-refractivity contribution in [3.05, 3.63) is 77.1 Å². The number of nitrogens with zero attached hydrogens (tertiary/aromatic N) is 2. The molecule has 0 aliphatic heterocycles. The van der Waals surface area contributed by atoms with E-state index in [1.54, 1.807) is 61.1 Å². The average molecular weight is 412 g/mol. The van der Waals surface area contributed by atoms with E-state index < -0.39 is 10.0 Å². The van der Waals surface area contributed by atoms with Crippen LogP contribution in [0.25, 0.3) is 22.5 Å². The summed E-state index contributed by atoms with van der Waals surface area (Å²) < 4.78 is 33.2.